The summed E-state index contributed by atoms with van der Waals surface area (Å²) >= 11 is 0. The smallest absolute Gasteiger partial charge is 0.225 e. The van der Waals surface area contributed by atoms with Gasteiger partial charge in [0.15, 0.2) is 6.79 Å². The Balaban J connectivity index is 2.95. The van der Waals surface area contributed by atoms with Gasteiger partial charge in [-0.1, -0.05) is 39.8 Å². The van der Waals surface area contributed by atoms with Crippen molar-refractivity contribution < 1.29 is 14.3 Å². The summed E-state index contributed by atoms with van der Waals surface area (Å²) in [4.78, 5) is 11.0. The first-order valence-electron chi connectivity index (χ1n) is 6.37. The van der Waals surface area contributed by atoms with Crippen LogP contribution in [0.3, 0.4) is 0 Å². The van der Waals surface area contributed by atoms with Crippen LogP contribution in [-0.4, -0.2) is 27.0 Å². The van der Waals surface area contributed by atoms with Gasteiger partial charge < -0.3 is 14.3 Å². The van der Waals surface area contributed by atoms with Gasteiger partial charge in [-0.2, -0.15) is 0 Å². The molecule has 4 heteroatoms. The Labute approximate surface area is 111 Å². The van der Waals surface area contributed by atoms with E-state index in [0.717, 1.165) is 10.9 Å². The highest BCUT2D eigenvalue weighted by Gasteiger charge is 2.40. The van der Waals surface area contributed by atoms with Gasteiger partial charge in [0.1, 0.15) is 5.75 Å². The lowest BCUT2D eigenvalue weighted by Crippen LogP contribution is -2.53. The van der Waals surface area contributed by atoms with Crippen LogP contribution in [0.15, 0.2) is 24.3 Å². The van der Waals surface area contributed by atoms with E-state index in [1.807, 2.05) is 24.3 Å². The van der Waals surface area contributed by atoms with E-state index >= 15 is 0 Å². The van der Waals surface area contributed by atoms with Crippen LogP contribution < -0.4 is 9.92 Å². The van der Waals surface area contributed by atoms with Crippen molar-refractivity contribution in [1.29, 1.82) is 0 Å². The first-order valence-corrected chi connectivity index (χ1v) is 8.47. The zero-order valence-electron chi connectivity index (χ0n) is 11.9. The van der Waals surface area contributed by atoms with Crippen molar-refractivity contribution in [3.8, 4) is 5.75 Å². The Morgan fingerprint density at radius 1 is 1.06 bits per heavy atom. The van der Waals surface area contributed by atoms with E-state index in [9.17, 15) is 4.80 Å². The molecule has 1 N–H and O–H groups in total. The summed E-state index contributed by atoms with van der Waals surface area (Å²) in [7, 11) is -0.826. The lowest BCUT2D eigenvalue weighted by Gasteiger charge is -2.33. The second-order valence-corrected chi connectivity index (χ2v) is 9.75. The fraction of sp³-hybridized carbons (Fsp3) is 0.571. The van der Waals surface area contributed by atoms with E-state index in [0.29, 0.717) is 11.1 Å². The summed E-state index contributed by atoms with van der Waals surface area (Å²) < 4.78 is 10.2. The predicted octanol–water partition coefficient (Wildman–Crippen LogP) is 2.63. The first-order chi connectivity index (χ1) is 8.42. The van der Waals surface area contributed by atoms with Gasteiger partial charge in [-0.3, -0.25) is 0 Å². The third kappa shape index (κ3) is 3.13. The molecule has 1 aromatic carbocycles. The molecule has 0 bridgehead atoms. The van der Waals surface area contributed by atoms with Crippen LogP contribution in [0.5, 0.6) is 5.75 Å². The number of benzene rings is 1. The van der Waals surface area contributed by atoms with Crippen LogP contribution in [0.1, 0.15) is 27.7 Å². The maximum absolute atomic E-state index is 11.0. The van der Waals surface area contributed by atoms with E-state index in [-0.39, 0.29) is 6.79 Å². The maximum atomic E-state index is 11.0. The Kier molecular flexibility index (Phi) is 5.38. The Morgan fingerprint density at radius 2 is 1.56 bits per heavy atom. The summed E-state index contributed by atoms with van der Waals surface area (Å²) in [5.74, 6) is 0.768. The average molecular weight is 268 g/mol. The summed E-state index contributed by atoms with van der Waals surface area (Å²) in [5.41, 5.74) is 0.589. The molecule has 102 valence electrons. The Morgan fingerprint density at radius 3 is 1.94 bits per heavy atom. The first kappa shape index (κ1) is 15.2. The quantitative estimate of drug-likeness (QED) is 0.637. The average Bonchev–Trinajstić information content (AvgIpc) is 2.35. The molecule has 0 unspecified atom stereocenters. The van der Waals surface area contributed by atoms with Crippen molar-refractivity contribution in [3.63, 3.8) is 0 Å². The van der Waals surface area contributed by atoms with Gasteiger partial charge in [0, 0.05) is 7.11 Å². The normalized spacial score (nSPS) is 12.2. The molecule has 0 aliphatic rings. The molecule has 0 saturated heterocycles. The molecule has 1 aromatic rings. The minimum Gasteiger partial charge on any atom is -0.468 e. The molecular weight excluding hydrogens is 244 g/mol. The van der Waals surface area contributed by atoms with Gasteiger partial charge in [0.05, 0.1) is 0 Å². The minimum atomic E-state index is -2.42. The zero-order valence-corrected chi connectivity index (χ0v) is 12.9. The second-order valence-electron chi connectivity index (χ2n) is 5.21. The monoisotopic (exact) mass is 268 g/mol. The van der Waals surface area contributed by atoms with Gasteiger partial charge >= 0.3 is 0 Å². The van der Waals surface area contributed by atoms with Crippen molar-refractivity contribution >= 4 is 13.5 Å². The summed E-state index contributed by atoms with van der Waals surface area (Å²) in [6.07, 6.45) is 0. The van der Waals surface area contributed by atoms with Crippen molar-refractivity contribution in [3.05, 3.63) is 24.3 Å². The molecular formula is C14H24O3Si. The second kappa shape index (κ2) is 6.36. The lowest BCUT2D eigenvalue weighted by molar-refractivity contribution is 0.0511. The van der Waals surface area contributed by atoms with Crippen LogP contribution in [0.25, 0.3) is 0 Å². The third-order valence-electron chi connectivity index (χ3n) is 3.42. The molecule has 1 rings (SSSR count). The van der Waals surface area contributed by atoms with Crippen LogP contribution in [0.2, 0.25) is 11.1 Å². The number of methoxy groups -OCH3 is 1. The molecule has 3 nitrogen and oxygen atoms in total. The van der Waals surface area contributed by atoms with E-state index < -0.39 is 8.32 Å². The van der Waals surface area contributed by atoms with Crippen molar-refractivity contribution in [2.45, 2.75) is 38.8 Å². The highest BCUT2D eigenvalue weighted by Crippen LogP contribution is 2.29. The van der Waals surface area contributed by atoms with Crippen LogP contribution in [0, 0.1) is 0 Å². The zero-order chi connectivity index (χ0) is 13.8. The van der Waals surface area contributed by atoms with E-state index in [2.05, 4.69) is 27.7 Å². The molecule has 0 amide bonds. The molecule has 0 atom stereocenters. The molecule has 0 aromatic heterocycles. The number of rotatable bonds is 6. The molecule has 0 spiro atoms. The highest BCUT2D eigenvalue weighted by atomic mass is 28.4. The SMILES string of the molecule is COCOc1ccc([Si](O)(C(C)C)C(C)C)cc1. The Bertz CT molecular complexity index is 352. The molecule has 0 fully saturated rings. The van der Waals surface area contributed by atoms with Gasteiger partial charge in [-0.25, -0.2) is 0 Å². The van der Waals surface area contributed by atoms with Crippen LogP contribution >= 0.6 is 0 Å². The van der Waals surface area contributed by atoms with Crippen molar-refractivity contribution in [2.75, 3.05) is 13.9 Å². The fourth-order valence-electron chi connectivity index (χ4n) is 2.28. The van der Waals surface area contributed by atoms with Crippen LogP contribution in [-0.2, 0) is 4.74 Å². The minimum absolute atomic E-state index is 0.245. The van der Waals surface area contributed by atoms with Gasteiger partial charge in [-0.15, -0.1) is 0 Å². The molecule has 0 aliphatic heterocycles. The van der Waals surface area contributed by atoms with Gasteiger partial charge in [-0.05, 0) is 28.4 Å². The molecule has 0 aliphatic carbocycles. The summed E-state index contributed by atoms with van der Waals surface area (Å²) in [5, 5.41) is 1.07. The molecule has 0 saturated carbocycles. The van der Waals surface area contributed by atoms with Gasteiger partial charge in [0.2, 0.25) is 8.32 Å². The lowest BCUT2D eigenvalue weighted by atomic mass is 10.3. The third-order valence-corrected chi connectivity index (χ3v) is 8.20. The topological polar surface area (TPSA) is 38.7 Å². The van der Waals surface area contributed by atoms with E-state index in [1.165, 1.54) is 0 Å². The summed E-state index contributed by atoms with van der Waals surface area (Å²) in [6, 6.07) is 7.77. The maximum Gasteiger partial charge on any atom is 0.225 e. The number of hydrogen-bond donors (Lipinski definition) is 1. The van der Waals surface area contributed by atoms with Crippen molar-refractivity contribution in [1.82, 2.24) is 0 Å². The predicted molar refractivity (Wildman–Crippen MR) is 76.7 cm³/mol. The summed E-state index contributed by atoms with van der Waals surface area (Å²) in [6.45, 7) is 8.64. The standard InChI is InChI=1S/C14H24O3Si/c1-11(2)18(15,12(3)4)14-8-6-13(7-9-14)17-10-16-5/h6-9,11-12,15H,10H2,1-5H3. The largest absolute Gasteiger partial charge is 0.468 e. The Hall–Kier alpha value is -0.843. The fourth-order valence-corrected chi connectivity index (χ4v) is 5.65. The van der Waals surface area contributed by atoms with Crippen LogP contribution in [0.4, 0.5) is 0 Å². The molecule has 0 heterocycles. The molecule has 0 radical (unpaired) electrons. The van der Waals surface area contributed by atoms with Gasteiger partial charge in [0.25, 0.3) is 0 Å². The molecule has 18 heavy (non-hydrogen) atoms. The number of hydrogen-bond acceptors (Lipinski definition) is 3. The highest BCUT2D eigenvalue weighted by molar-refractivity contribution is 6.87. The number of ether oxygens (including phenoxy) is 2. The van der Waals surface area contributed by atoms with E-state index in [4.69, 9.17) is 9.47 Å². The van der Waals surface area contributed by atoms with Crippen molar-refractivity contribution in [2.24, 2.45) is 0 Å². The van der Waals surface area contributed by atoms with E-state index in [1.54, 1.807) is 7.11 Å².